The van der Waals surface area contributed by atoms with Gasteiger partial charge >= 0.3 is 0 Å². The minimum atomic E-state index is -0.282. The second kappa shape index (κ2) is 5.48. The van der Waals surface area contributed by atoms with Crippen molar-refractivity contribution in [2.45, 2.75) is 58.7 Å². The lowest BCUT2D eigenvalue weighted by Crippen LogP contribution is -2.44. The summed E-state index contributed by atoms with van der Waals surface area (Å²) >= 11 is 0. The predicted molar refractivity (Wildman–Crippen MR) is 64.0 cm³/mol. The van der Waals surface area contributed by atoms with E-state index in [1.54, 1.807) is 6.92 Å². The van der Waals surface area contributed by atoms with Gasteiger partial charge in [0.15, 0.2) is 0 Å². The summed E-state index contributed by atoms with van der Waals surface area (Å²) in [6.45, 7) is 6.12. The van der Waals surface area contributed by atoms with Gasteiger partial charge < -0.3 is 15.3 Å². The van der Waals surface area contributed by atoms with Crippen LogP contribution in [0.3, 0.4) is 0 Å². The highest BCUT2D eigenvalue weighted by atomic mass is 16.3. The third-order valence-corrected chi connectivity index (χ3v) is 4.18. The van der Waals surface area contributed by atoms with Crippen LogP contribution in [0.15, 0.2) is 0 Å². The molecule has 16 heavy (non-hydrogen) atoms. The van der Waals surface area contributed by atoms with E-state index in [-0.39, 0.29) is 24.2 Å². The summed E-state index contributed by atoms with van der Waals surface area (Å²) in [5.41, 5.74) is -0.189. The monoisotopic (exact) mass is 230 g/mol. The van der Waals surface area contributed by atoms with Gasteiger partial charge in [-0.05, 0) is 49.9 Å². The van der Waals surface area contributed by atoms with Gasteiger partial charge in [0, 0.05) is 6.61 Å². The smallest absolute Gasteiger partial charge is 0.0549 e. The van der Waals surface area contributed by atoms with Crippen molar-refractivity contribution in [3.05, 3.63) is 0 Å². The molecular weight excluding hydrogens is 204 g/mol. The zero-order valence-electron chi connectivity index (χ0n) is 10.7. The van der Waals surface area contributed by atoms with E-state index in [2.05, 4.69) is 13.8 Å². The first-order valence-electron chi connectivity index (χ1n) is 6.36. The molecule has 0 aromatic carbocycles. The molecule has 0 bridgehead atoms. The molecule has 0 heterocycles. The molecule has 0 saturated heterocycles. The Balaban J connectivity index is 2.68. The molecule has 1 saturated carbocycles. The predicted octanol–water partition coefficient (Wildman–Crippen LogP) is 1.55. The minimum absolute atomic E-state index is 0.124. The molecule has 0 amide bonds. The maximum atomic E-state index is 9.78. The molecule has 3 nitrogen and oxygen atoms in total. The molecule has 3 heteroatoms. The van der Waals surface area contributed by atoms with Gasteiger partial charge in [-0.1, -0.05) is 13.8 Å². The Hall–Kier alpha value is -0.120. The molecule has 5 atom stereocenters. The Morgan fingerprint density at radius 1 is 1.44 bits per heavy atom. The average molecular weight is 230 g/mol. The van der Waals surface area contributed by atoms with Crippen LogP contribution in [0, 0.1) is 17.3 Å². The summed E-state index contributed by atoms with van der Waals surface area (Å²) in [5.74, 6) is 0.815. The number of aliphatic hydroxyl groups excluding tert-OH is 3. The minimum Gasteiger partial charge on any atom is -0.396 e. The van der Waals surface area contributed by atoms with E-state index in [9.17, 15) is 15.3 Å². The Bertz CT molecular complexity index is 217. The lowest BCUT2D eigenvalue weighted by molar-refractivity contribution is -0.0579. The maximum absolute atomic E-state index is 9.78. The Morgan fingerprint density at radius 3 is 2.56 bits per heavy atom. The zero-order valence-corrected chi connectivity index (χ0v) is 10.7. The first kappa shape index (κ1) is 13.9. The topological polar surface area (TPSA) is 60.7 Å². The van der Waals surface area contributed by atoms with Crippen molar-refractivity contribution < 1.29 is 15.3 Å². The highest BCUT2D eigenvalue weighted by Gasteiger charge is 2.42. The highest BCUT2D eigenvalue weighted by molar-refractivity contribution is 4.92. The molecule has 0 unspecified atom stereocenters. The van der Waals surface area contributed by atoms with Gasteiger partial charge in [-0.2, -0.15) is 0 Å². The van der Waals surface area contributed by atoms with Gasteiger partial charge in [-0.3, -0.25) is 0 Å². The molecule has 96 valence electrons. The van der Waals surface area contributed by atoms with Crippen molar-refractivity contribution in [1.29, 1.82) is 0 Å². The molecule has 1 aliphatic rings. The number of aliphatic hydroxyl groups is 3. The Morgan fingerprint density at radius 2 is 2.06 bits per heavy atom. The number of hydrogen-bond acceptors (Lipinski definition) is 3. The molecule has 0 spiro atoms. The van der Waals surface area contributed by atoms with Gasteiger partial charge in [0.25, 0.3) is 0 Å². The van der Waals surface area contributed by atoms with Gasteiger partial charge in [-0.15, -0.1) is 0 Å². The first-order chi connectivity index (χ1) is 7.39. The highest BCUT2D eigenvalue weighted by Crippen LogP contribution is 2.46. The van der Waals surface area contributed by atoms with E-state index >= 15 is 0 Å². The van der Waals surface area contributed by atoms with Crippen LogP contribution in [-0.2, 0) is 0 Å². The SMILES string of the molecule is C[C@@H]1C[C@H](O)C[C@](C)(CO)[C@H]1CC[C@@H](C)O. The van der Waals surface area contributed by atoms with E-state index in [0.29, 0.717) is 18.3 Å². The first-order valence-corrected chi connectivity index (χ1v) is 6.36. The summed E-state index contributed by atoms with van der Waals surface area (Å²) in [7, 11) is 0. The second-order valence-electron chi connectivity index (χ2n) is 5.92. The van der Waals surface area contributed by atoms with Crippen molar-refractivity contribution in [2.24, 2.45) is 17.3 Å². The van der Waals surface area contributed by atoms with Crippen molar-refractivity contribution >= 4 is 0 Å². The zero-order chi connectivity index (χ0) is 12.3. The van der Waals surface area contributed by atoms with Gasteiger partial charge in [0.1, 0.15) is 0 Å². The molecule has 1 rings (SSSR count). The third kappa shape index (κ3) is 3.19. The van der Waals surface area contributed by atoms with Gasteiger partial charge in [0.05, 0.1) is 12.2 Å². The molecule has 0 radical (unpaired) electrons. The van der Waals surface area contributed by atoms with E-state index in [0.717, 1.165) is 19.3 Å². The van der Waals surface area contributed by atoms with E-state index in [1.807, 2.05) is 0 Å². The molecular formula is C13H26O3. The quantitative estimate of drug-likeness (QED) is 0.687. The lowest BCUT2D eigenvalue weighted by Gasteiger charge is -2.46. The average Bonchev–Trinajstić information content (AvgIpc) is 2.15. The third-order valence-electron chi connectivity index (χ3n) is 4.18. The Kier molecular flexibility index (Phi) is 4.77. The van der Waals surface area contributed by atoms with Crippen molar-refractivity contribution in [3.8, 4) is 0 Å². The number of hydrogen-bond donors (Lipinski definition) is 3. The van der Waals surface area contributed by atoms with Crippen LogP contribution in [0.4, 0.5) is 0 Å². The largest absolute Gasteiger partial charge is 0.396 e. The van der Waals surface area contributed by atoms with Crippen LogP contribution in [-0.4, -0.2) is 34.1 Å². The van der Waals surface area contributed by atoms with Crippen molar-refractivity contribution in [2.75, 3.05) is 6.61 Å². The summed E-state index contributed by atoms with van der Waals surface area (Å²) in [6, 6.07) is 0. The van der Waals surface area contributed by atoms with E-state index in [4.69, 9.17) is 0 Å². The van der Waals surface area contributed by atoms with Crippen LogP contribution < -0.4 is 0 Å². The van der Waals surface area contributed by atoms with Crippen LogP contribution >= 0.6 is 0 Å². The molecule has 0 aromatic rings. The van der Waals surface area contributed by atoms with Crippen LogP contribution in [0.5, 0.6) is 0 Å². The summed E-state index contributed by atoms with van der Waals surface area (Å²) in [6.07, 6.45) is 2.65. The van der Waals surface area contributed by atoms with E-state index in [1.165, 1.54) is 0 Å². The van der Waals surface area contributed by atoms with Gasteiger partial charge in [-0.25, -0.2) is 0 Å². The van der Waals surface area contributed by atoms with E-state index < -0.39 is 0 Å². The number of rotatable bonds is 4. The fourth-order valence-corrected chi connectivity index (χ4v) is 3.29. The standard InChI is InChI=1S/C13H26O3/c1-9-6-11(16)7-13(3,8-14)12(9)5-4-10(2)15/h9-12,14-16H,4-8H2,1-3H3/t9-,10-,11+,12+,13-/m1/s1. The van der Waals surface area contributed by atoms with Crippen molar-refractivity contribution in [1.82, 2.24) is 0 Å². The van der Waals surface area contributed by atoms with Crippen LogP contribution in [0.1, 0.15) is 46.5 Å². The normalized spacial score (nSPS) is 42.0. The summed E-state index contributed by atoms with van der Waals surface area (Å²) in [4.78, 5) is 0. The summed E-state index contributed by atoms with van der Waals surface area (Å²) in [5, 5.41) is 28.7. The molecule has 1 fully saturated rings. The summed E-state index contributed by atoms with van der Waals surface area (Å²) < 4.78 is 0. The molecule has 0 aliphatic heterocycles. The van der Waals surface area contributed by atoms with Crippen molar-refractivity contribution in [3.63, 3.8) is 0 Å². The molecule has 0 aromatic heterocycles. The van der Waals surface area contributed by atoms with Crippen LogP contribution in [0.25, 0.3) is 0 Å². The maximum Gasteiger partial charge on any atom is 0.0549 e. The fraction of sp³-hybridized carbons (Fsp3) is 1.00. The van der Waals surface area contributed by atoms with Crippen LogP contribution in [0.2, 0.25) is 0 Å². The Labute approximate surface area is 98.5 Å². The fourth-order valence-electron chi connectivity index (χ4n) is 3.29. The lowest BCUT2D eigenvalue weighted by atomic mass is 9.61. The second-order valence-corrected chi connectivity index (χ2v) is 5.92. The molecule has 3 N–H and O–H groups in total. The van der Waals surface area contributed by atoms with Gasteiger partial charge in [0.2, 0.25) is 0 Å². The molecule has 1 aliphatic carbocycles.